The highest BCUT2D eigenvalue weighted by molar-refractivity contribution is 5.87. The number of likely N-dealkylation sites (N-methyl/N-ethyl adjacent to an activating group) is 1. The summed E-state index contributed by atoms with van der Waals surface area (Å²) in [6.45, 7) is 5.31. The minimum atomic E-state index is 0. The first-order chi connectivity index (χ1) is 12.6. The zero-order valence-corrected chi connectivity index (χ0v) is 17.2. The lowest BCUT2D eigenvalue weighted by atomic mass is 9.97. The number of benzene rings is 1. The molecule has 3 aromatic rings. The standard InChI is InChI=1S/C23H27N3.ClH/c1-15-4-8-20-19(12-15)23-21-9-7-18(25(21)3)13-22(23)26(20)11-10-17-6-5-16(2)24-14-17;/h4-6,8,12,14,18,21H,7,9-11,13H2,1-3H3;1H. The van der Waals surface area contributed by atoms with Crippen molar-refractivity contribution >= 4 is 23.3 Å². The second-order valence-corrected chi connectivity index (χ2v) is 8.21. The number of aromatic nitrogens is 2. The number of hydrogen-bond donors (Lipinski definition) is 0. The van der Waals surface area contributed by atoms with Crippen molar-refractivity contribution in [2.45, 2.75) is 58.2 Å². The maximum atomic E-state index is 4.47. The molecule has 2 bridgehead atoms. The Balaban J connectivity index is 0.00000180. The number of halogens is 1. The summed E-state index contributed by atoms with van der Waals surface area (Å²) in [5, 5.41) is 1.49. The largest absolute Gasteiger partial charge is 0.344 e. The van der Waals surface area contributed by atoms with Crippen LogP contribution in [0.1, 0.15) is 47.0 Å². The Morgan fingerprint density at radius 2 is 1.96 bits per heavy atom. The Kier molecular flexibility index (Phi) is 4.77. The number of hydrogen-bond acceptors (Lipinski definition) is 2. The van der Waals surface area contributed by atoms with Crippen LogP contribution >= 0.6 is 12.4 Å². The van der Waals surface area contributed by atoms with Crippen LogP contribution in [0.15, 0.2) is 36.5 Å². The van der Waals surface area contributed by atoms with Crippen LogP contribution in [0.4, 0.5) is 0 Å². The molecule has 142 valence electrons. The zero-order chi connectivity index (χ0) is 17.8. The normalized spacial score (nSPS) is 21.3. The van der Waals surface area contributed by atoms with Crippen LogP contribution in [0, 0.1) is 13.8 Å². The molecule has 0 spiro atoms. The highest BCUT2D eigenvalue weighted by atomic mass is 35.5. The molecule has 5 rings (SSSR count). The average Bonchev–Trinajstić information content (AvgIpc) is 3.04. The van der Waals surface area contributed by atoms with Gasteiger partial charge in [0.1, 0.15) is 0 Å². The number of pyridine rings is 1. The molecule has 0 aliphatic carbocycles. The van der Waals surface area contributed by atoms with Gasteiger partial charge in [0.2, 0.25) is 0 Å². The summed E-state index contributed by atoms with van der Waals surface area (Å²) >= 11 is 0. The van der Waals surface area contributed by atoms with Crippen molar-refractivity contribution in [2.24, 2.45) is 0 Å². The van der Waals surface area contributed by atoms with Crippen molar-refractivity contribution in [3.8, 4) is 0 Å². The first-order valence-corrected chi connectivity index (χ1v) is 9.87. The van der Waals surface area contributed by atoms with Crippen molar-refractivity contribution in [3.05, 3.63) is 64.6 Å². The molecule has 2 aliphatic heterocycles. The van der Waals surface area contributed by atoms with Crippen LogP contribution in [0.2, 0.25) is 0 Å². The van der Waals surface area contributed by atoms with Gasteiger partial charge in [-0.15, -0.1) is 12.4 Å². The summed E-state index contributed by atoms with van der Waals surface area (Å²) in [6.07, 6.45) is 6.92. The minimum absolute atomic E-state index is 0. The van der Waals surface area contributed by atoms with E-state index < -0.39 is 0 Å². The molecular weight excluding hydrogens is 354 g/mol. The molecule has 0 saturated carbocycles. The molecule has 0 amide bonds. The lowest BCUT2D eigenvalue weighted by Gasteiger charge is -2.32. The third-order valence-electron chi connectivity index (χ3n) is 6.57. The molecule has 3 nitrogen and oxygen atoms in total. The van der Waals surface area contributed by atoms with Gasteiger partial charge in [-0.2, -0.15) is 0 Å². The van der Waals surface area contributed by atoms with Gasteiger partial charge in [0.15, 0.2) is 0 Å². The van der Waals surface area contributed by atoms with Gasteiger partial charge in [-0.05, 0) is 69.5 Å². The first-order valence-electron chi connectivity index (χ1n) is 9.87. The number of fused-ring (bicyclic) bond motifs is 6. The fourth-order valence-corrected chi connectivity index (χ4v) is 5.11. The summed E-state index contributed by atoms with van der Waals surface area (Å²) in [5.41, 5.74) is 8.41. The molecule has 2 aliphatic rings. The quantitative estimate of drug-likeness (QED) is 0.635. The highest BCUT2D eigenvalue weighted by Crippen LogP contribution is 2.46. The van der Waals surface area contributed by atoms with E-state index in [2.05, 4.69) is 58.8 Å². The molecule has 4 heteroatoms. The van der Waals surface area contributed by atoms with E-state index in [1.807, 2.05) is 13.1 Å². The predicted molar refractivity (Wildman–Crippen MR) is 114 cm³/mol. The van der Waals surface area contributed by atoms with Gasteiger partial charge < -0.3 is 4.57 Å². The summed E-state index contributed by atoms with van der Waals surface area (Å²) in [7, 11) is 2.32. The van der Waals surface area contributed by atoms with E-state index in [9.17, 15) is 0 Å². The average molecular weight is 382 g/mol. The SMILES string of the molecule is Cc1ccc2c(c1)c1c(n2CCc2ccc(C)nc2)CC2CCC1N2C.Cl. The first kappa shape index (κ1) is 18.5. The Hall–Kier alpha value is -1.84. The maximum absolute atomic E-state index is 4.47. The Morgan fingerprint density at radius 3 is 2.74 bits per heavy atom. The van der Waals surface area contributed by atoms with Crippen molar-refractivity contribution < 1.29 is 0 Å². The minimum Gasteiger partial charge on any atom is -0.344 e. The zero-order valence-electron chi connectivity index (χ0n) is 16.4. The molecule has 0 N–H and O–H groups in total. The molecule has 2 aromatic heterocycles. The molecule has 27 heavy (non-hydrogen) atoms. The number of aryl methyl sites for hydroxylation is 4. The molecule has 1 saturated heterocycles. The lowest BCUT2D eigenvalue weighted by Crippen LogP contribution is -2.34. The topological polar surface area (TPSA) is 21.1 Å². The van der Waals surface area contributed by atoms with Crippen LogP contribution in [0.3, 0.4) is 0 Å². The molecule has 1 fully saturated rings. The van der Waals surface area contributed by atoms with E-state index in [1.165, 1.54) is 41.3 Å². The Bertz CT molecular complexity index is 973. The van der Waals surface area contributed by atoms with Gasteiger partial charge >= 0.3 is 0 Å². The molecule has 0 radical (unpaired) electrons. The van der Waals surface area contributed by atoms with E-state index in [0.29, 0.717) is 6.04 Å². The van der Waals surface area contributed by atoms with Crippen LogP contribution in [-0.4, -0.2) is 27.5 Å². The molecule has 1 aromatic carbocycles. The van der Waals surface area contributed by atoms with Gasteiger partial charge in [0.05, 0.1) is 0 Å². The number of rotatable bonds is 3. The Morgan fingerprint density at radius 1 is 1.11 bits per heavy atom. The van der Waals surface area contributed by atoms with E-state index in [-0.39, 0.29) is 12.4 Å². The number of nitrogens with zero attached hydrogens (tertiary/aromatic N) is 3. The highest BCUT2D eigenvalue weighted by Gasteiger charge is 2.40. The monoisotopic (exact) mass is 381 g/mol. The van der Waals surface area contributed by atoms with Crippen molar-refractivity contribution in [2.75, 3.05) is 7.05 Å². The van der Waals surface area contributed by atoms with Crippen molar-refractivity contribution in [1.82, 2.24) is 14.5 Å². The van der Waals surface area contributed by atoms with E-state index in [0.717, 1.165) is 24.7 Å². The predicted octanol–water partition coefficient (Wildman–Crippen LogP) is 5.01. The third kappa shape index (κ3) is 2.97. The van der Waals surface area contributed by atoms with Gasteiger partial charge in [-0.1, -0.05) is 17.7 Å². The van der Waals surface area contributed by atoms with E-state index >= 15 is 0 Å². The Labute approximate surface area is 167 Å². The molecule has 4 heterocycles. The summed E-state index contributed by atoms with van der Waals surface area (Å²) in [5.74, 6) is 0. The van der Waals surface area contributed by atoms with Gasteiger partial charge in [0.25, 0.3) is 0 Å². The van der Waals surface area contributed by atoms with Crippen molar-refractivity contribution in [3.63, 3.8) is 0 Å². The lowest BCUT2D eigenvalue weighted by molar-refractivity contribution is 0.222. The van der Waals surface area contributed by atoms with E-state index in [4.69, 9.17) is 0 Å². The molecule has 2 atom stereocenters. The second-order valence-electron chi connectivity index (χ2n) is 8.21. The van der Waals surface area contributed by atoms with Crippen LogP contribution in [0.25, 0.3) is 10.9 Å². The van der Waals surface area contributed by atoms with E-state index in [1.54, 1.807) is 11.3 Å². The summed E-state index contributed by atoms with van der Waals surface area (Å²) in [4.78, 5) is 7.09. The molecule has 2 unspecified atom stereocenters. The fraction of sp³-hybridized carbons (Fsp3) is 0.435. The summed E-state index contributed by atoms with van der Waals surface area (Å²) < 4.78 is 2.61. The molecular formula is C23H28ClN3. The smallest absolute Gasteiger partial charge is 0.0486 e. The van der Waals surface area contributed by atoms with Crippen LogP contribution in [0.5, 0.6) is 0 Å². The van der Waals surface area contributed by atoms with Crippen molar-refractivity contribution in [1.29, 1.82) is 0 Å². The summed E-state index contributed by atoms with van der Waals surface area (Å²) in [6, 6.07) is 12.7. The third-order valence-corrected chi connectivity index (χ3v) is 6.57. The van der Waals surface area contributed by atoms with Crippen LogP contribution in [-0.2, 0) is 19.4 Å². The maximum Gasteiger partial charge on any atom is 0.0486 e. The second kappa shape index (κ2) is 6.96. The van der Waals surface area contributed by atoms with Crippen LogP contribution < -0.4 is 0 Å². The van der Waals surface area contributed by atoms with Gasteiger partial charge in [-0.3, -0.25) is 9.88 Å². The fourth-order valence-electron chi connectivity index (χ4n) is 5.11. The van der Waals surface area contributed by atoms with Gasteiger partial charge in [-0.25, -0.2) is 0 Å². The van der Waals surface area contributed by atoms with Gasteiger partial charge in [0, 0.05) is 53.5 Å².